The molecule has 2 fully saturated rings. The average Bonchev–Trinajstić information content (AvgIpc) is 3.40. The normalized spacial score (nSPS) is 22.2. The van der Waals surface area contributed by atoms with Crippen LogP contribution in [0.15, 0.2) is 24.4 Å². The summed E-state index contributed by atoms with van der Waals surface area (Å²) >= 11 is 0. The smallest absolute Gasteiger partial charge is 0.251 e. The quantitative estimate of drug-likeness (QED) is 0.614. The molecule has 1 saturated carbocycles. The molecule has 38 heavy (non-hydrogen) atoms. The first-order chi connectivity index (χ1) is 18.1. The van der Waals surface area contributed by atoms with E-state index in [1.807, 2.05) is 46.0 Å². The van der Waals surface area contributed by atoms with E-state index in [0.717, 1.165) is 61.5 Å². The minimum atomic E-state index is -0.522. The number of benzene rings is 1. The molecule has 1 atom stereocenters. The average molecular weight is 520 g/mol. The number of likely N-dealkylation sites (N-methyl/N-ethyl adjacent to an activating group) is 1. The van der Waals surface area contributed by atoms with E-state index in [1.54, 1.807) is 11.1 Å². The van der Waals surface area contributed by atoms with Gasteiger partial charge in [-0.05, 0) is 83.8 Å². The molecule has 0 bridgehead atoms. The van der Waals surface area contributed by atoms with E-state index in [0.29, 0.717) is 24.1 Å². The number of fused-ring (bicyclic) bond motifs is 1. The van der Waals surface area contributed by atoms with Gasteiger partial charge in [-0.1, -0.05) is 12.8 Å². The van der Waals surface area contributed by atoms with Gasteiger partial charge in [0.1, 0.15) is 5.69 Å². The minimum Gasteiger partial charge on any atom is -0.351 e. The fraction of sp³-hybridized carbons (Fsp3) is 0.586. The van der Waals surface area contributed by atoms with Gasteiger partial charge >= 0.3 is 0 Å². The number of anilines is 4. The lowest BCUT2D eigenvalue weighted by Crippen LogP contribution is -2.46. The number of carbonyl (C=O) groups excluding carboxylic acids is 2. The van der Waals surface area contributed by atoms with Crippen molar-refractivity contribution >= 4 is 35.0 Å². The van der Waals surface area contributed by atoms with Gasteiger partial charge in [0.2, 0.25) is 11.9 Å². The van der Waals surface area contributed by atoms with Crippen molar-refractivity contribution in [2.45, 2.75) is 71.4 Å². The van der Waals surface area contributed by atoms with Gasteiger partial charge in [-0.3, -0.25) is 9.59 Å². The summed E-state index contributed by atoms with van der Waals surface area (Å²) in [5, 5.41) is 6.55. The third kappa shape index (κ3) is 5.34. The number of amides is 2. The molecule has 9 nitrogen and oxygen atoms in total. The fourth-order valence-electron chi connectivity index (χ4n) is 6.14. The second-order valence-electron chi connectivity index (χ2n) is 11.9. The van der Waals surface area contributed by atoms with Crippen molar-refractivity contribution in [3.63, 3.8) is 0 Å². The van der Waals surface area contributed by atoms with Gasteiger partial charge in [-0.25, -0.2) is 4.98 Å². The summed E-state index contributed by atoms with van der Waals surface area (Å²) in [6, 6.07) is 6.23. The first-order valence-electron chi connectivity index (χ1n) is 13.9. The number of likely N-dealkylation sites (tertiary alicyclic amines) is 1. The van der Waals surface area contributed by atoms with Crippen molar-refractivity contribution in [1.29, 1.82) is 0 Å². The summed E-state index contributed by atoms with van der Waals surface area (Å²) in [5.41, 5.74) is 2.67. The molecule has 1 aromatic heterocycles. The molecule has 3 aliphatic rings. The highest BCUT2D eigenvalue weighted by molar-refractivity contribution is 6.01. The van der Waals surface area contributed by atoms with Crippen LogP contribution in [-0.2, 0) is 4.79 Å². The molecule has 204 valence electrons. The Morgan fingerprint density at radius 3 is 2.58 bits per heavy atom. The summed E-state index contributed by atoms with van der Waals surface area (Å²) in [4.78, 5) is 42.0. The maximum atomic E-state index is 13.2. The van der Waals surface area contributed by atoms with E-state index < -0.39 is 5.41 Å². The van der Waals surface area contributed by atoms with Crippen LogP contribution in [0.25, 0.3) is 0 Å². The third-order valence-electron chi connectivity index (χ3n) is 8.29. The van der Waals surface area contributed by atoms with Crippen molar-refractivity contribution in [3.05, 3.63) is 35.5 Å². The van der Waals surface area contributed by atoms with Crippen molar-refractivity contribution in [2.24, 2.45) is 5.41 Å². The molecule has 9 heteroatoms. The van der Waals surface area contributed by atoms with E-state index in [2.05, 4.69) is 32.5 Å². The number of hydrogen-bond donors (Lipinski definition) is 2. The zero-order chi connectivity index (χ0) is 27.0. The highest BCUT2D eigenvalue weighted by atomic mass is 16.2. The molecule has 2 aromatic rings. The third-order valence-corrected chi connectivity index (χ3v) is 8.29. The maximum absolute atomic E-state index is 13.2. The Balaban J connectivity index is 1.37. The molecule has 0 spiro atoms. The zero-order valence-electron chi connectivity index (χ0n) is 23.4. The predicted octanol–water partition coefficient (Wildman–Crippen LogP) is 4.10. The zero-order valence-corrected chi connectivity index (χ0v) is 23.4. The van der Waals surface area contributed by atoms with Gasteiger partial charge < -0.3 is 25.3 Å². The number of carbonyl (C=O) groups is 2. The van der Waals surface area contributed by atoms with Crippen LogP contribution in [0.5, 0.6) is 0 Å². The van der Waals surface area contributed by atoms with Gasteiger partial charge in [-0.15, -0.1) is 0 Å². The number of nitrogens with zero attached hydrogens (tertiary/aromatic N) is 5. The second kappa shape index (κ2) is 10.5. The number of aryl methyl sites for hydroxylation is 1. The Kier molecular flexibility index (Phi) is 7.31. The minimum absolute atomic E-state index is 0.0382. The predicted molar refractivity (Wildman–Crippen MR) is 151 cm³/mol. The Morgan fingerprint density at radius 2 is 1.87 bits per heavy atom. The highest BCUT2D eigenvalue weighted by Gasteiger charge is 2.41. The molecular formula is C29H41N7O2. The monoisotopic (exact) mass is 519 g/mol. The fourth-order valence-corrected chi connectivity index (χ4v) is 6.14. The van der Waals surface area contributed by atoms with Crippen LogP contribution in [0.4, 0.5) is 23.1 Å². The molecule has 1 aliphatic carbocycles. The first kappa shape index (κ1) is 26.4. The molecule has 1 saturated heterocycles. The topological polar surface area (TPSA) is 93.7 Å². The van der Waals surface area contributed by atoms with Gasteiger partial charge in [-0.2, -0.15) is 4.98 Å². The number of aromatic nitrogens is 2. The van der Waals surface area contributed by atoms with E-state index >= 15 is 0 Å². The van der Waals surface area contributed by atoms with Crippen molar-refractivity contribution < 1.29 is 9.59 Å². The first-order valence-corrected chi connectivity index (χ1v) is 13.9. The van der Waals surface area contributed by atoms with E-state index in [1.165, 1.54) is 12.8 Å². The maximum Gasteiger partial charge on any atom is 0.251 e. The SMILES string of the molecule is Cc1cc(C(=O)NC2CCCN(C)C2)ccc1Nc1ncc2c(n1)N(C1CCCC1)CC(C)(C)C(=O)N2C. The Morgan fingerprint density at radius 1 is 1.11 bits per heavy atom. The summed E-state index contributed by atoms with van der Waals surface area (Å²) in [6.07, 6.45) is 8.50. The molecule has 5 rings (SSSR count). The molecule has 1 aromatic carbocycles. The van der Waals surface area contributed by atoms with Crippen LogP contribution in [0.1, 0.15) is 68.3 Å². The van der Waals surface area contributed by atoms with E-state index in [9.17, 15) is 9.59 Å². The lowest BCUT2D eigenvalue weighted by Gasteiger charge is -2.34. The summed E-state index contributed by atoms with van der Waals surface area (Å²) in [7, 11) is 3.91. The number of nitrogens with one attached hydrogen (secondary N) is 2. The van der Waals surface area contributed by atoms with Crippen LogP contribution < -0.4 is 20.4 Å². The van der Waals surface area contributed by atoms with Crippen molar-refractivity contribution in [1.82, 2.24) is 20.2 Å². The lowest BCUT2D eigenvalue weighted by atomic mass is 9.91. The van der Waals surface area contributed by atoms with Crippen LogP contribution in [0.3, 0.4) is 0 Å². The van der Waals surface area contributed by atoms with Gasteiger partial charge in [0.15, 0.2) is 5.82 Å². The number of piperidine rings is 1. The Bertz CT molecular complexity index is 1210. The second-order valence-corrected chi connectivity index (χ2v) is 11.9. The largest absolute Gasteiger partial charge is 0.351 e. The number of rotatable bonds is 5. The molecule has 2 N–H and O–H groups in total. The van der Waals surface area contributed by atoms with Gasteiger partial charge in [0, 0.05) is 43.5 Å². The van der Waals surface area contributed by atoms with Crippen LogP contribution in [0, 0.1) is 12.3 Å². The molecule has 3 heterocycles. The van der Waals surface area contributed by atoms with E-state index in [-0.39, 0.29) is 17.9 Å². The van der Waals surface area contributed by atoms with Crippen LogP contribution in [-0.4, -0.2) is 72.5 Å². The molecule has 1 unspecified atom stereocenters. The van der Waals surface area contributed by atoms with Gasteiger partial charge in [0.05, 0.1) is 11.6 Å². The summed E-state index contributed by atoms with van der Waals surface area (Å²) in [5.74, 6) is 1.33. The number of hydrogen-bond acceptors (Lipinski definition) is 7. The summed E-state index contributed by atoms with van der Waals surface area (Å²) in [6.45, 7) is 8.61. The Hall–Kier alpha value is -3.20. The van der Waals surface area contributed by atoms with Gasteiger partial charge in [0.25, 0.3) is 5.91 Å². The molecule has 2 amide bonds. The van der Waals surface area contributed by atoms with Crippen molar-refractivity contribution in [2.75, 3.05) is 48.8 Å². The van der Waals surface area contributed by atoms with Crippen LogP contribution in [0.2, 0.25) is 0 Å². The highest BCUT2D eigenvalue weighted by Crippen LogP contribution is 2.40. The van der Waals surface area contributed by atoms with E-state index in [4.69, 9.17) is 4.98 Å². The molecule has 2 aliphatic heterocycles. The lowest BCUT2D eigenvalue weighted by molar-refractivity contribution is -0.125. The standard InChI is InChI=1S/C29H41N7O2/c1-19-15-20(26(37)31-21-9-8-14-34(4)17-21)12-13-23(19)32-28-30-16-24-25(33-28)36(22-10-6-7-11-22)18-29(2,3)27(38)35(24)5/h12-13,15-16,21-22H,6-11,14,17-18H2,1-5H3,(H,31,37)(H,30,32,33). The van der Waals surface area contributed by atoms with Crippen LogP contribution >= 0.6 is 0 Å². The van der Waals surface area contributed by atoms with Crippen molar-refractivity contribution in [3.8, 4) is 0 Å². The Labute approximate surface area is 226 Å². The molecule has 0 radical (unpaired) electrons. The summed E-state index contributed by atoms with van der Waals surface area (Å²) < 4.78 is 0. The molecular weight excluding hydrogens is 478 g/mol.